The van der Waals surface area contributed by atoms with Gasteiger partial charge in [0.2, 0.25) is 0 Å². The highest BCUT2D eigenvalue weighted by atomic mass is 16.5. The summed E-state index contributed by atoms with van der Waals surface area (Å²) < 4.78 is 11.2. The Bertz CT molecular complexity index is 609. The molecular weight excluding hydrogens is 344 g/mol. The van der Waals surface area contributed by atoms with E-state index in [0.29, 0.717) is 13.2 Å². The molecule has 0 aromatic heterocycles. The Morgan fingerprint density at radius 1 is 1.22 bits per heavy atom. The summed E-state index contributed by atoms with van der Waals surface area (Å²) in [6, 6.07) is 9.84. The zero-order chi connectivity index (χ0) is 18.9. The number of rotatable bonds is 6. The maximum atomic E-state index is 12.4. The maximum absolute atomic E-state index is 12.4. The van der Waals surface area contributed by atoms with Crippen LogP contribution in [-0.4, -0.2) is 80.8 Å². The predicted octanol–water partition coefficient (Wildman–Crippen LogP) is 1.35. The summed E-state index contributed by atoms with van der Waals surface area (Å²) in [4.78, 5) is 20.9. The van der Waals surface area contributed by atoms with E-state index in [-0.39, 0.29) is 12.0 Å². The molecule has 1 atom stereocenters. The number of hydrogen-bond donors (Lipinski definition) is 1. The summed E-state index contributed by atoms with van der Waals surface area (Å²) in [6.45, 7) is 5.19. The fourth-order valence-corrected chi connectivity index (χ4v) is 3.43. The van der Waals surface area contributed by atoms with E-state index < -0.39 is 0 Å². The third kappa shape index (κ3) is 5.60. The summed E-state index contributed by atoms with van der Waals surface area (Å²) in [7, 11) is 1.80. The molecule has 0 bridgehead atoms. The number of amides is 1. The van der Waals surface area contributed by atoms with E-state index in [1.165, 1.54) is 0 Å². The number of carbonyl (C=O) groups excluding carboxylic acids is 1. The Labute approximate surface area is 161 Å². The molecule has 0 saturated carbocycles. The van der Waals surface area contributed by atoms with Crippen LogP contribution in [0.3, 0.4) is 0 Å². The average molecular weight is 374 g/mol. The molecule has 3 rings (SSSR count). The first-order valence-corrected chi connectivity index (χ1v) is 9.82. The molecule has 0 spiro atoms. The maximum Gasteiger partial charge on any atom is 0.251 e. The van der Waals surface area contributed by atoms with Crippen molar-refractivity contribution in [1.82, 2.24) is 15.1 Å². The first-order valence-electron chi connectivity index (χ1n) is 9.82. The molecule has 2 fully saturated rings. The number of benzene rings is 1. The van der Waals surface area contributed by atoms with Gasteiger partial charge in [0.05, 0.1) is 6.61 Å². The van der Waals surface area contributed by atoms with Gasteiger partial charge in [-0.05, 0) is 31.4 Å². The fourth-order valence-electron chi connectivity index (χ4n) is 3.43. The van der Waals surface area contributed by atoms with Crippen molar-refractivity contribution in [2.24, 2.45) is 4.99 Å². The van der Waals surface area contributed by atoms with Crippen molar-refractivity contribution in [1.29, 1.82) is 0 Å². The molecule has 2 saturated heterocycles. The van der Waals surface area contributed by atoms with E-state index >= 15 is 0 Å². The second-order valence-corrected chi connectivity index (χ2v) is 6.80. The molecule has 7 nitrogen and oxygen atoms in total. The predicted molar refractivity (Wildman–Crippen MR) is 105 cm³/mol. The van der Waals surface area contributed by atoms with Crippen LogP contribution in [0.15, 0.2) is 35.3 Å². The molecule has 148 valence electrons. The van der Waals surface area contributed by atoms with Gasteiger partial charge in [0.15, 0.2) is 5.96 Å². The van der Waals surface area contributed by atoms with E-state index in [1.54, 1.807) is 7.05 Å². The molecule has 2 aliphatic rings. The monoisotopic (exact) mass is 374 g/mol. The Morgan fingerprint density at radius 3 is 2.63 bits per heavy atom. The van der Waals surface area contributed by atoms with Gasteiger partial charge in [-0.15, -0.1) is 0 Å². The van der Waals surface area contributed by atoms with Crippen molar-refractivity contribution in [2.75, 3.05) is 53.0 Å². The van der Waals surface area contributed by atoms with Crippen LogP contribution in [-0.2, 0) is 9.53 Å². The van der Waals surface area contributed by atoms with E-state index in [1.807, 2.05) is 35.2 Å². The minimum atomic E-state index is -0.224. The molecule has 2 aliphatic heterocycles. The summed E-state index contributed by atoms with van der Waals surface area (Å²) in [5.41, 5.74) is 0. The SMILES string of the molecule is CN=C(NCCCOc1ccccc1)N1CCN(C(=O)C2CCCO2)CC1. The van der Waals surface area contributed by atoms with Crippen LogP contribution in [0, 0.1) is 0 Å². The standard InChI is InChI=1S/C20H30N4O3/c1-21-20(22-10-6-16-26-17-7-3-2-4-8-17)24-13-11-23(12-14-24)19(25)18-9-5-15-27-18/h2-4,7-8,18H,5-6,9-16H2,1H3,(H,21,22). The summed E-state index contributed by atoms with van der Waals surface area (Å²) in [5.74, 6) is 1.93. The molecule has 7 heteroatoms. The van der Waals surface area contributed by atoms with E-state index in [2.05, 4.69) is 15.2 Å². The molecule has 2 heterocycles. The number of nitrogens with one attached hydrogen (secondary N) is 1. The van der Waals surface area contributed by atoms with E-state index in [0.717, 1.165) is 63.7 Å². The van der Waals surface area contributed by atoms with Crippen molar-refractivity contribution in [3.05, 3.63) is 30.3 Å². The van der Waals surface area contributed by atoms with Gasteiger partial charge in [0, 0.05) is 46.4 Å². The highest BCUT2D eigenvalue weighted by molar-refractivity contribution is 5.82. The zero-order valence-electron chi connectivity index (χ0n) is 16.1. The fraction of sp³-hybridized carbons (Fsp3) is 0.600. The summed E-state index contributed by atoms with van der Waals surface area (Å²) >= 11 is 0. The summed E-state index contributed by atoms with van der Waals surface area (Å²) in [6.07, 6.45) is 2.51. The Balaban J connectivity index is 1.34. The van der Waals surface area contributed by atoms with Crippen molar-refractivity contribution in [2.45, 2.75) is 25.4 Å². The van der Waals surface area contributed by atoms with Crippen LogP contribution < -0.4 is 10.1 Å². The van der Waals surface area contributed by atoms with Crippen LogP contribution >= 0.6 is 0 Å². The van der Waals surface area contributed by atoms with Gasteiger partial charge in [-0.25, -0.2) is 0 Å². The minimum absolute atomic E-state index is 0.146. The Hall–Kier alpha value is -2.28. The van der Waals surface area contributed by atoms with E-state index in [4.69, 9.17) is 9.47 Å². The number of aliphatic imine (C=N–C) groups is 1. The number of hydrogen-bond acceptors (Lipinski definition) is 4. The number of ether oxygens (including phenoxy) is 2. The highest BCUT2D eigenvalue weighted by Gasteiger charge is 2.30. The molecule has 1 amide bonds. The normalized spacial score (nSPS) is 20.6. The second kappa shape index (κ2) is 10.2. The average Bonchev–Trinajstić information content (AvgIpc) is 3.26. The van der Waals surface area contributed by atoms with Crippen molar-refractivity contribution in [3.8, 4) is 5.75 Å². The van der Waals surface area contributed by atoms with E-state index in [9.17, 15) is 4.79 Å². The number of para-hydroxylation sites is 1. The first kappa shape index (κ1) is 19.5. The highest BCUT2D eigenvalue weighted by Crippen LogP contribution is 2.16. The minimum Gasteiger partial charge on any atom is -0.494 e. The largest absolute Gasteiger partial charge is 0.494 e. The lowest BCUT2D eigenvalue weighted by Gasteiger charge is -2.37. The Morgan fingerprint density at radius 2 is 1.96 bits per heavy atom. The number of piperazine rings is 1. The lowest BCUT2D eigenvalue weighted by Crippen LogP contribution is -2.55. The van der Waals surface area contributed by atoms with Crippen LogP contribution in [0.5, 0.6) is 5.75 Å². The van der Waals surface area contributed by atoms with Gasteiger partial charge in [0.1, 0.15) is 11.9 Å². The van der Waals surface area contributed by atoms with Crippen LogP contribution in [0.1, 0.15) is 19.3 Å². The van der Waals surface area contributed by atoms with Gasteiger partial charge in [-0.3, -0.25) is 9.79 Å². The zero-order valence-corrected chi connectivity index (χ0v) is 16.1. The van der Waals surface area contributed by atoms with Crippen molar-refractivity contribution in [3.63, 3.8) is 0 Å². The molecule has 1 unspecified atom stereocenters. The molecule has 27 heavy (non-hydrogen) atoms. The van der Waals surface area contributed by atoms with Crippen molar-refractivity contribution >= 4 is 11.9 Å². The van der Waals surface area contributed by atoms with Gasteiger partial charge in [-0.2, -0.15) is 0 Å². The number of guanidine groups is 1. The van der Waals surface area contributed by atoms with Gasteiger partial charge in [-0.1, -0.05) is 18.2 Å². The lowest BCUT2D eigenvalue weighted by atomic mass is 10.2. The number of nitrogens with zero attached hydrogens (tertiary/aromatic N) is 3. The molecule has 1 aromatic carbocycles. The van der Waals surface area contributed by atoms with Crippen LogP contribution in [0.4, 0.5) is 0 Å². The third-order valence-corrected chi connectivity index (χ3v) is 4.92. The molecule has 1 N–H and O–H groups in total. The second-order valence-electron chi connectivity index (χ2n) is 6.80. The topological polar surface area (TPSA) is 66.4 Å². The van der Waals surface area contributed by atoms with Crippen LogP contribution in [0.25, 0.3) is 0 Å². The lowest BCUT2D eigenvalue weighted by molar-refractivity contribution is -0.142. The van der Waals surface area contributed by atoms with Gasteiger partial charge < -0.3 is 24.6 Å². The summed E-state index contributed by atoms with van der Waals surface area (Å²) in [5, 5.41) is 3.39. The third-order valence-electron chi connectivity index (χ3n) is 4.92. The molecule has 0 aliphatic carbocycles. The first-order chi connectivity index (χ1) is 13.3. The van der Waals surface area contributed by atoms with Crippen molar-refractivity contribution < 1.29 is 14.3 Å². The Kier molecular flexibility index (Phi) is 7.33. The molecular formula is C20H30N4O3. The van der Waals surface area contributed by atoms with Gasteiger partial charge in [0.25, 0.3) is 5.91 Å². The van der Waals surface area contributed by atoms with Crippen LogP contribution in [0.2, 0.25) is 0 Å². The quantitative estimate of drug-likeness (QED) is 0.463. The van der Waals surface area contributed by atoms with Gasteiger partial charge >= 0.3 is 0 Å². The number of carbonyl (C=O) groups is 1. The molecule has 1 aromatic rings. The smallest absolute Gasteiger partial charge is 0.251 e. The molecule has 0 radical (unpaired) electrons.